The third-order valence-electron chi connectivity index (χ3n) is 4.50. The molecule has 10 heteroatoms. The minimum absolute atomic E-state index is 0.153. The van der Waals surface area contributed by atoms with Crippen LogP contribution in [0.15, 0.2) is 42.5 Å². The van der Waals surface area contributed by atoms with Crippen molar-refractivity contribution in [1.82, 2.24) is 9.03 Å². The Bertz CT molecular complexity index is 1050. The molecule has 28 heavy (non-hydrogen) atoms. The molecule has 146 valence electrons. The van der Waals surface area contributed by atoms with E-state index >= 15 is 0 Å². The highest BCUT2D eigenvalue weighted by Gasteiger charge is 2.40. The summed E-state index contributed by atoms with van der Waals surface area (Å²) in [5, 5.41) is 11.3. The van der Waals surface area contributed by atoms with E-state index in [2.05, 4.69) is 10.0 Å². The molecular formula is C18H16ClFN4O3S. The van der Waals surface area contributed by atoms with E-state index in [1.54, 1.807) is 24.3 Å². The van der Waals surface area contributed by atoms with Crippen LogP contribution < -0.4 is 10.0 Å². The van der Waals surface area contributed by atoms with Crippen LogP contribution in [-0.4, -0.2) is 31.7 Å². The number of halogens is 2. The summed E-state index contributed by atoms with van der Waals surface area (Å²) in [6, 6.07) is 10.5. The molecule has 2 atom stereocenters. The Morgan fingerprint density at radius 2 is 2.00 bits per heavy atom. The Kier molecular flexibility index (Phi) is 5.67. The molecule has 2 N–H and O–H groups in total. The zero-order valence-electron chi connectivity index (χ0n) is 14.7. The first-order chi connectivity index (χ1) is 13.2. The Morgan fingerprint density at radius 1 is 1.32 bits per heavy atom. The first-order valence-corrected chi connectivity index (χ1v) is 10.0. The van der Waals surface area contributed by atoms with Gasteiger partial charge in [0.15, 0.2) is 0 Å². The SMILES string of the molecule is CN1[C@@H](C(=O)Nc2ccc(F)c(Cl)c2)C[C@@H](c2ccc(C#N)cc2)NS1(=O)=O. The number of rotatable bonds is 3. The quantitative estimate of drug-likeness (QED) is 0.793. The van der Waals surface area contributed by atoms with Crippen molar-refractivity contribution < 1.29 is 17.6 Å². The number of nitriles is 1. The Morgan fingerprint density at radius 3 is 2.61 bits per heavy atom. The summed E-state index contributed by atoms with van der Waals surface area (Å²) in [4.78, 5) is 12.7. The van der Waals surface area contributed by atoms with Gasteiger partial charge in [-0.2, -0.15) is 22.7 Å². The van der Waals surface area contributed by atoms with Crippen molar-refractivity contribution in [2.75, 3.05) is 12.4 Å². The molecule has 2 aromatic rings. The molecule has 0 aliphatic carbocycles. The van der Waals surface area contributed by atoms with Crippen molar-refractivity contribution >= 4 is 33.4 Å². The lowest BCUT2D eigenvalue weighted by Gasteiger charge is -2.36. The predicted molar refractivity (Wildman–Crippen MR) is 102 cm³/mol. The maximum atomic E-state index is 13.3. The summed E-state index contributed by atoms with van der Waals surface area (Å²) >= 11 is 5.72. The van der Waals surface area contributed by atoms with Crippen LogP contribution in [0, 0.1) is 17.1 Å². The molecule has 7 nitrogen and oxygen atoms in total. The number of likely N-dealkylation sites (N-methyl/N-ethyl adjacent to an activating group) is 1. The fourth-order valence-corrected chi connectivity index (χ4v) is 4.37. The van der Waals surface area contributed by atoms with Gasteiger partial charge in [0.2, 0.25) is 5.91 Å². The highest BCUT2D eigenvalue weighted by Crippen LogP contribution is 2.29. The fourth-order valence-electron chi connectivity index (χ4n) is 2.92. The molecule has 0 radical (unpaired) electrons. The summed E-state index contributed by atoms with van der Waals surface area (Å²) in [5.41, 5.74) is 1.34. The number of anilines is 1. The van der Waals surface area contributed by atoms with Crippen molar-refractivity contribution in [3.05, 3.63) is 64.4 Å². The van der Waals surface area contributed by atoms with Gasteiger partial charge in [0.25, 0.3) is 10.2 Å². The molecule has 1 aliphatic heterocycles. The topological polar surface area (TPSA) is 102 Å². The van der Waals surface area contributed by atoms with Gasteiger partial charge >= 0.3 is 0 Å². The normalized spacial score (nSPS) is 21.6. The van der Waals surface area contributed by atoms with Crippen LogP contribution in [0.25, 0.3) is 0 Å². The maximum absolute atomic E-state index is 13.3. The lowest BCUT2D eigenvalue weighted by Crippen LogP contribution is -2.55. The number of nitrogens with zero attached hydrogens (tertiary/aromatic N) is 2. The van der Waals surface area contributed by atoms with Gasteiger partial charge in [-0.3, -0.25) is 4.79 Å². The fraction of sp³-hybridized carbons (Fsp3) is 0.222. The molecule has 0 bridgehead atoms. The molecule has 1 aliphatic rings. The van der Waals surface area contributed by atoms with Crippen LogP contribution in [0.4, 0.5) is 10.1 Å². The zero-order chi connectivity index (χ0) is 20.5. The second kappa shape index (κ2) is 7.85. The van der Waals surface area contributed by atoms with E-state index in [0.717, 1.165) is 10.4 Å². The second-order valence-electron chi connectivity index (χ2n) is 6.30. The third kappa shape index (κ3) is 4.15. The first kappa shape index (κ1) is 20.2. The van der Waals surface area contributed by atoms with Crippen LogP contribution >= 0.6 is 11.6 Å². The van der Waals surface area contributed by atoms with Crippen LogP contribution in [0.1, 0.15) is 23.6 Å². The van der Waals surface area contributed by atoms with Gasteiger partial charge in [-0.15, -0.1) is 0 Å². The molecule has 0 unspecified atom stereocenters. The average Bonchev–Trinajstić information content (AvgIpc) is 2.66. The highest BCUT2D eigenvalue weighted by molar-refractivity contribution is 7.87. The summed E-state index contributed by atoms with van der Waals surface area (Å²) in [6.45, 7) is 0. The molecule has 1 amide bonds. The lowest BCUT2D eigenvalue weighted by molar-refractivity contribution is -0.120. The van der Waals surface area contributed by atoms with E-state index in [0.29, 0.717) is 11.1 Å². The summed E-state index contributed by atoms with van der Waals surface area (Å²) in [7, 11) is -2.60. The third-order valence-corrected chi connectivity index (χ3v) is 6.38. The summed E-state index contributed by atoms with van der Waals surface area (Å²) < 4.78 is 41.7. The van der Waals surface area contributed by atoms with Gasteiger partial charge in [0.1, 0.15) is 11.9 Å². The second-order valence-corrected chi connectivity index (χ2v) is 8.46. The molecule has 1 heterocycles. The maximum Gasteiger partial charge on any atom is 0.280 e. The number of hydrogen-bond acceptors (Lipinski definition) is 4. The number of benzene rings is 2. The minimum atomic E-state index is -3.90. The van der Waals surface area contributed by atoms with Gasteiger partial charge in [-0.25, -0.2) is 4.39 Å². The summed E-state index contributed by atoms with van der Waals surface area (Å²) in [5.74, 6) is -1.18. The highest BCUT2D eigenvalue weighted by atomic mass is 35.5. The first-order valence-electron chi connectivity index (χ1n) is 8.22. The average molecular weight is 423 g/mol. The van der Waals surface area contributed by atoms with E-state index in [-0.39, 0.29) is 17.1 Å². The molecule has 1 saturated heterocycles. The van der Waals surface area contributed by atoms with Crippen molar-refractivity contribution in [3.63, 3.8) is 0 Å². The molecule has 2 aromatic carbocycles. The number of nitrogens with one attached hydrogen (secondary N) is 2. The molecular weight excluding hydrogens is 407 g/mol. The Balaban J connectivity index is 1.84. The Labute approximate surface area is 166 Å². The van der Waals surface area contributed by atoms with Crippen LogP contribution in [-0.2, 0) is 15.0 Å². The van der Waals surface area contributed by atoms with Gasteiger partial charge < -0.3 is 5.32 Å². The van der Waals surface area contributed by atoms with Crippen LogP contribution in [0.5, 0.6) is 0 Å². The van der Waals surface area contributed by atoms with Crippen LogP contribution in [0.3, 0.4) is 0 Å². The summed E-state index contributed by atoms with van der Waals surface area (Å²) in [6.07, 6.45) is 0.169. The van der Waals surface area contributed by atoms with Gasteiger partial charge in [0, 0.05) is 18.8 Å². The molecule has 3 rings (SSSR count). The number of amides is 1. The van der Waals surface area contributed by atoms with E-state index < -0.39 is 34.0 Å². The molecule has 1 fully saturated rings. The standard InChI is InChI=1S/C18H16ClFN4O3S/c1-24-17(18(25)22-13-6-7-15(20)14(19)8-13)9-16(23-28(24,26)27)12-4-2-11(10-21)3-5-12/h2-8,16-17,23H,9H2,1H3,(H,22,25)/t16-,17+/m0/s1. The predicted octanol–water partition coefficient (Wildman–Crippen LogP) is 2.57. The van der Waals surface area contributed by atoms with E-state index in [9.17, 15) is 17.6 Å². The monoisotopic (exact) mass is 422 g/mol. The van der Waals surface area contributed by atoms with E-state index in [1.165, 1.54) is 19.2 Å². The van der Waals surface area contributed by atoms with Gasteiger partial charge in [0.05, 0.1) is 16.7 Å². The Hall–Kier alpha value is -2.51. The molecule has 0 aromatic heterocycles. The smallest absolute Gasteiger partial charge is 0.280 e. The van der Waals surface area contributed by atoms with Gasteiger partial charge in [-0.1, -0.05) is 23.7 Å². The minimum Gasteiger partial charge on any atom is -0.325 e. The van der Waals surface area contributed by atoms with E-state index in [1.807, 2.05) is 6.07 Å². The number of carbonyl (C=O) groups is 1. The molecule has 0 saturated carbocycles. The van der Waals surface area contributed by atoms with Gasteiger partial charge in [-0.05, 0) is 42.3 Å². The number of carbonyl (C=O) groups excluding carboxylic acids is 1. The lowest BCUT2D eigenvalue weighted by atomic mass is 9.98. The molecule has 0 spiro atoms. The van der Waals surface area contributed by atoms with Crippen molar-refractivity contribution in [2.24, 2.45) is 0 Å². The van der Waals surface area contributed by atoms with E-state index in [4.69, 9.17) is 16.9 Å². The largest absolute Gasteiger partial charge is 0.325 e. The van der Waals surface area contributed by atoms with Crippen molar-refractivity contribution in [2.45, 2.75) is 18.5 Å². The zero-order valence-corrected chi connectivity index (χ0v) is 16.3. The van der Waals surface area contributed by atoms with Crippen LogP contribution in [0.2, 0.25) is 5.02 Å². The van der Waals surface area contributed by atoms with Crippen molar-refractivity contribution in [1.29, 1.82) is 5.26 Å². The van der Waals surface area contributed by atoms with Crippen molar-refractivity contribution in [3.8, 4) is 6.07 Å². The number of hydrogen-bond donors (Lipinski definition) is 2.